The van der Waals surface area contributed by atoms with Gasteiger partial charge in [-0.15, -0.1) is 0 Å². The molecule has 100 valence electrons. The number of aromatic hydroxyl groups is 1. The SMILES string of the molecule is CC(=O)c1c(O)ccc2oc(-c3ccccc3C)nc12. The van der Waals surface area contributed by atoms with E-state index in [1.165, 1.54) is 13.0 Å². The van der Waals surface area contributed by atoms with Crippen LogP contribution in [0.4, 0.5) is 0 Å². The molecule has 0 fully saturated rings. The number of ketones is 1. The predicted octanol–water partition coefficient (Wildman–Crippen LogP) is 3.71. The van der Waals surface area contributed by atoms with Crippen molar-refractivity contribution in [3.63, 3.8) is 0 Å². The van der Waals surface area contributed by atoms with Gasteiger partial charge in [-0.1, -0.05) is 18.2 Å². The molecule has 4 heteroatoms. The maximum Gasteiger partial charge on any atom is 0.227 e. The van der Waals surface area contributed by atoms with Crippen LogP contribution in [-0.2, 0) is 0 Å². The van der Waals surface area contributed by atoms with E-state index in [0.717, 1.165) is 11.1 Å². The molecule has 0 radical (unpaired) electrons. The second kappa shape index (κ2) is 4.49. The van der Waals surface area contributed by atoms with E-state index >= 15 is 0 Å². The highest BCUT2D eigenvalue weighted by Crippen LogP contribution is 2.32. The van der Waals surface area contributed by atoms with E-state index in [4.69, 9.17) is 4.42 Å². The van der Waals surface area contributed by atoms with Gasteiger partial charge >= 0.3 is 0 Å². The van der Waals surface area contributed by atoms with Gasteiger partial charge in [-0.25, -0.2) is 4.98 Å². The molecule has 0 aliphatic heterocycles. The number of Topliss-reactive ketones (excluding diaryl/α,β-unsaturated/α-hetero) is 1. The third kappa shape index (κ3) is 1.86. The second-order valence-corrected chi connectivity index (χ2v) is 4.70. The Morgan fingerprint density at radius 2 is 1.95 bits per heavy atom. The molecule has 0 atom stereocenters. The Bertz CT molecular complexity index is 818. The van der Waals surface area contributed by atoms with Gasteiger partial charge in [-0.3, -0.25) is 4.79 Å². The molecule has 2 aromatic carbocycles. The molecule has 3 rings (SSSR count). The predicted molar refractivity (Wildman–Crippen MR) is 75.9 cm³/mol. The van der Waals surface area contributed by atoms with Crippen LogP contribution in [0, 0.1) is 6.92 Å². The lowest BCUT2D eigenvalue weighted by Crippen LogP contribution is -1.94. The molecule has 0 aliphatic rings. The monoisotopic (exact) mass is 267 g/mol. The van der Waals surface area contributed by atoms with Crippen molar-refractivity contribution >= 4 is 16.9 Å². The number of carbonyl (C=O) groups is 1. The number of oxazole rings is 1. The van der Waals surface area contributed by atoms with Crippen molar-refractivity contribution in [3.05, 3.63) is 47.5 Å². The Labute approximate surface area is 115 Å². The van der Waals surface area contributed by atoms with Crippen LogP contribution in [0.2, 0.25) is 0 Å². The van der Waals surface area contributed by atoms with E-state index in [-0.39, 0.29) is 17.1 Å². The molecule has 4 nitrogen and oxygen atoms in total. The third-order valence-electron chi connectivity index (χ3n) is 3.27. The number of aryl methyl sites for hydroxylation is 1. The first-order valence-corrected chi connectivity index (χ1v) is 6.27. The quantitative estimate of drug-likeness (QED) is 0.719. The number of nitrogens with zero attached hydrogens (tertiary/aromatic N) is 1. The Balaban J connectivity index is 2.29. The first-order valence-electron chi connectivity index (χ1n) is 6.27. The number of hydrogen-bond acceptors (Lipinski definition) is 4. The van der Waals surface area contributed by atoms with Crippen LogP contribution in [0.25, 0.3) is 22.6 Å². The highest BCUT2D eigenvalue weighted by molar-refractivity contribution is 6.07. The second-order valence-electron chi connectivity index (χ2n) is 4.70. The van der Waals surface area contributed by atoms with Gasteiger partial charge in [0.15, 0.2) is 11.4 Å². The largest absolute Gasteiger partial charge is 0.507 e. The summed E-state index contributed by atoms with van der Waals surface area (Å²) >= 11 is 0. The van der Waals surface area contributed by atoms with Crippen molar-refractivity contribution < 1.29 is 14.3 Å². The van der Waals surface area contributed by atoms with Crippen molar-refractivity contribution in [1.29, 1.82) is 0 Å². The van der Waals surface area contributed by atoms with Crippen LogP contribution in [0.1, 0.15) is 22.8 Å². The maximum atomic E-state index is 11.7. The van der Waals surface area contributed by atoms with Crippen LogP contribution in [-0.4, -0.2) is 15.9 Å². The summed E-state index contributed by atoms with van der Waals surface area (Å²) in [7, 11) is 0. The number of benzene rings is 2. The molecular weight excluding hydrogens is 254 g/mol. The average Bonchev–Trinajstić information content (AvgIpc) is 2.82. The minimum absolute atomic E-state index is 0.0744. The maximum absolute atomic E-state index is 11.7. The molecule has 0 spiro atoms. The van der Waals surface area contributed by atoms with E-state index in [1.54, 1.807) is 6.07 Å². The van der Waals surface area contributed by atoms with E-state index in [9.17, 15) is 9.90 Å². The van der Waals surface area contributed by atoms with Crippen molar-refractivity contribution in [3.8, 4) is 17.2 Å². The van der Waals surface area contributed by atoms with Crippen molar-refractivity contribution in [2.75, 3.05) is 0 Å². The molecule has 20 heavy (non-hydrogen) atoms. The van der Waals surface area contributed by atoms with Gasteiger partial charge in [0.2, 0.25) is 5.89 Å². The van der Waals surface area contributed by atoms with Crippen LogP contribution >= 0.6 is 0 Å². The van der Waals surface area contributed by atoms with Gasteiger partial charge in [-0.05, 0) is 37.6 Å². The average molecular weight is 267 g/mol. The van der Waals surface area contributed by atoms with Gasteiger partial charge in [0, 0.05) is 5.56 Å². The summed E-state index contributed by atoms with van der Waals surface area (Å²) in [5, 5.41) is 9.81. The Kier molecular flexibility index (Phi) is 2.79. The fourth-order valence-corrected chi connectivity index (χ4v) is 2.26. The van der Waals surface area contributed by atoms with Crippen LogP contribution in [0.15, 0.2) is 40.8 Å². The molecule has 0 amide bonds. The summed E-state index contributed by atoms with van der Waals surface area (Å²) in [6, 6.07) is 10.8. The van der Waals surface area contributed by atoms with Crippen molar-refractivity contribution in [1.82, 2.24) is 4.98 Å². The van der Waals surface area contributed by atoms with Gasteiger partial charge in [0.25, 0.3) is 0 Å². The normalized spacial score (nSPS) is 10.9. The first kappa shape index (κ1) is 12.4. The first-order chi connectivity index (χ1) is 9.58. The molecule has 1 aromatic heterocycles. The van der Waals surface area contributed by atoms with Crippen molar-refractivity contribution in [2.45, 2.75) is 13.8 Å². The summed E-state index contributed by atoms with van der Waals surface area (Å²) in [6.07, 6.45) is 0. The minimum atomic E-state index is -0.238. The number of phenols is 1. The summed E-state index contributed by atoms with van der Waals surface area (Å²) < 4.78 is 5.71. The molecule has 1 heterocycles. The van der Waals surface area contributed by atoms with E-state index in [2.05, 4.69) is 4.98 Å². The van der Waals surface area contributed by atoms with E-state index < -0.39 is 0 Å². The zero-order valence-corrected chi connectivity index (χ0v) is 11.2. The summed E-state index contributed by atoms with van der Waals surface area (Å²) in [6.45, 7) is 3.37. The zero-order chi connectivity index (χ0) is 14.3. The number of fused-ring (bicyclic) bond motifs is 1. The highest BCUT2D eigenvalue weighted by Gasteiger charge is 2.18. The summed E-state index contributed by atoms with van der Waals surface area (Å²) in [4.78, 5) is 16.0. The lowest BCUT2D eigenvalue weighted by Gasteiger charge is -1.99. The van der Waals surface area contributed by atoms with E-state index in [0.29, 0.717) is 17.0 Å². The number of rotatable bonds is 2. The van der Waals surface area contributed by atoms with E-state index in [1.807, 2.05) is 31.2 Å². The topological polar surface area (TPSA) is 63.3 Å². The van der Waals surface area contributed by atoms with Crippen molar-refractivity contribution in [2.24, 2.45) is 0 Å². The molecule has 3 aromatic rings. The Morgan fingerprint density at radius 3 is 2.65 bits per heavy atom. The molecule has 1 N–H and O–H groups in total. The molecule has 0 unspecified atom stereocenters. The smallest absolute Gasteiger partial charge is 0.227 e. The third-order valence-corrected chi connectivity index (χ3v) is 3.27. The number of aromatic nitrogens is 1. The number of hydrogen-bond donors (Lipinski definition) is 1. The summed E-state index contributed by atoms with van der Waals surface area (Å²) in [5.74, 6) is 0.138. The van der Waals surface area contributed by atoms with Crippen LogP contribution in [0.3, 0.4) is 0 Å². The molecular formula is C16H13NO3. The number of phenolic OH excluding ortho intramolecular Hbond substituents is 1. The molecule has 0 saturated carbocycles. The van der Waals surface area contributed by atoms with Gasteiger partial charge in [-0.2, -0.15) is 0 Å². The minimum Gasteiger partial charge on any atom is -0.507 e. The fourth-order valence-electron chi connectivity index (χ4n) is 2.26. The number of carbonyl (C=O) groups excluding carboxylic acids is 1. The fraction of sp³-hybridized carbons (Fsp3) is 0.125. The standard InChI is InChI=1S/C16H13NO3/c1-9-5-3-4-6-11(9)16-17-15-13(20-16)8-7-12(19)14(15)10(2)18/h3-8,19H,1-2H3. The van der Waals surface area contributed by atoms with Gasteiger partial charge in [0.05, 0.1) is 5.56 Å². The molecule has 0 saturated heterocycles. The van der Waals surface area contributed by atoms with Crippen LogP contribution < -0.4 is 0 Å². The Hall–Kier alpha value is -2.62. The van der Waals surface area contributed by atoms with Gasteiger partial charge in [0.1, 0.15) is 11.3 Å². The molecule has 0 aliphatic carbocycles. The lowest BCUT2D eigenvalue weighted by molar-refractivity contribution is 0.101. The lowest BCUT2D eigenvalue weighted by atomic mass is 10.1. The molecule has 0 bridgehead atoms. The summed E-state index contributed by atoms with van der Waals surface area (Å²) in [5.41, 5.74) is 3.00. The van der Waals surface area contributed by atoms with Gasteiger partial charge < -0.3 is 9.52 Å². The highest BCUT2D eigenvalue weighted by atomic mass is 16.3. The van der Waals surface area contributed by atoms with Crippen LogP contribution in [0.5, 0.6) is 5.75 Å². The zero-order valence-electron chi connectivity index (χ0n) is 11.2. The Morgan fingerprint density at radius 1 is 1.20 bits per heavy atom.